The smallest absolute Gasteiger partial charge is 0.142 e. The first-order valence-corrected chi connectivity index (χ1v) is 9.21. The molecule has 0 aliphatic carbocycles. The predicted octanol–water partition coefficient (Wildman–Crippen LogP) is 5.08. The molecule has 0 saturated carbocycles. The third-order valence-corrected chi connectivity index (χ3v) is 4.77. The first-order valence-electron chi connectivity index (χ1n) is 9.21. The fraction of sp³-hybridized carbons (Fsp3) is 0.364. The van der Waals surface area contributed by atoms with Crippen molar-refractivity contribution in [3.05, 3.63) is 76.6 Å². The molecule has 4 heteroatoms. The third kappa shape index (κ3) is 4.02. The molecule has 0 bridgehead atoms. The average molecular weight is 351 g/mol. The molecular formula is C22H25NO3. The zero-order valence-corrected chi connectivity index (χ0v) is 15.5. The van der Waals surface area contributed by atoms with E-state index in [0.717, 1.165) is 61.1 Å². The van der Waals surface area contributed by atoms with Crippen LogP contribution in [0.15, 0.2) is 58.4 Å². The summed E-state index contributed by atoms with van der Waals surface area (Å²) in [6.45, 7) is 6.35. The molecular weight excluding hydrogens is 326 g/mol. The zero-order chi connectivity index (χ0) is 17.9. The second-order valence-corrected chi connectivity index (χ2v) is 7.06. The van der Waals surface area contributed by atoms with Crippen molar-refractivity contribution >= 4 is 0 Å². The minimum absolute atomic E-state index is 0.596. The lowest BCUT2D eigenvalue weighted by Crippen LogP contribution is -2.31. The van der Waals surface area contributed by atoms with Gasteiger partial charge in [-0.3, -0.25) is 4.90 Å². The topological polar surface area (TPSA) is 34.8 Å². The van der Waals surface area contributed by atoms with Gasteiger partial charge in [0, 0.05) is 24.9 Å². The van der Waals surface area contributed by atoms with Gasteiger partial charge < -0.3 is 13.9 Å². The van der Waals surface area contributed by atoms with Crippen LogP contribution >= 0.6 is 0 Å². The summed E-state index contributed by atoms with van der Waals surface area (Å²) in [5.41, 5.74) is 2.51. The van der Waals surface area contributed by atoms with Crippen molar-refractivity contribution in [2.45, 2.75) is 46.2 Å². The number of aryl methyl sites for hydroxylation is 2. The Morgan fingerprint density at radius 3 is 2.77 bits per heavy atom. The largest absolute Gasteiger partial charge is 0.478 e. The highest BCUT2D eigenvalue weighted by Gasteiger charge is 2.18. The Bertz CT molecular complexity index is 847. The first-order chi connectivity index (χ1) is 12.7. The molecule has 3 heterocycles. The number of nitrogens with zero attached hydrogens (tertiary/aromatic N) is 1. The molecule has 136 valence electrons. The molecule has 1 aromatic heterocycles. The van der Waals surface area contributed by atoms with E-state index in [2.05, 4.69) is 54.3 Å². The first kappa shape index (κ1) is 17.0. The molecule has 1 aromatic carbocycles. The highest BCUT2D eigenvalue weighted by atomic mass is 16.5. The van der Waals surface area contributed by atoms with Crippen molar-refractivity contribution in [1.29, 1.82) is 0 Å². The van der Waals surface area contributed by atoms with Gasteiger partial charge in [0.1, 0.15) is 29.8 Å². The van der Waals surface area contributed by atoms with E-state index in [4.69, 9.17) is 13.9 Å². The van der Waals surface area contributed by atoms with E-state index in [0.29, 0.717) is 6.73 Å². The van der Waals surface area contributed by atoms with Crippen LogP contribution in [-0.4, -0.2) is 11.6 Å². The van der Waals surface area contributed by atoms with Crippen molar-refractivity contribution in [1.82, 2.24) is 4.90 Å². The fourth-order valence-corrected chi connectivity index (χ4v) is 3.43. The Balaban J connectivity index is 1.32. The van der Waals surface area contributed by atoms with Gasteiger partial charge in [-0.05, 0) is 50.6 Å². The van der Waals surface area contributed by atoms with Crippen molar-refractivity contribution < 1.29 is 13.9 Å². The Labute approximate surface area is 154 Å². The Hall–Kier alpha value is -2.46. The SMILES string of the molecule is CC1=CCC=C(CCc2ccc(CN3COc4ccc(C)cc4C3)o2)O1. The van der Waals surface area contributed by atoms with E-state index in [1.165, 1.54) is 11.1 Å². The Morgan fingerprint density at radius 1 is 1.00 bits per heavy atom. The lowest BCUT2D eigenvalue weighted by Gasteiger charge is -2.28. The summed E-state index contributed by atoms with van der Waals surface area (Å²) in [5, 5.41) is 0. The zero-order valence-electron chi connectivity index (χ0n) is 15.5. The molecule has 0 fully saturated rings. The van der Waals surface area contributed by atoms with Crippen molar-refractivity contribution in [2.24, 2.45) is 0 Å². The average Bonchev–Trinajstić information content (AvgIpc) is 3.07. The minimum Gasteiger partial charge on any atom is -0.478 e. The minimum atomic E-state index is 0.596. The maximum Gasteiger partial charge on any atom is 0.142 e. The van der Waals surface area contributed by atoms with Gasteiger partial charge in [0.05, 0.1) is 12.3 Å². The van der Waals surface area contributed by atoms with Crippen LogP contribution in [0.5, 0.6) is 5.75 Å². The Morgan fingerprint density at radius 2 is 1.88 bits per heavy atom. The van der Waals surface area contributed by atoms with Gasteiger partial charge >= 0.3 is 0 Å². The van der Waals surface area contributed by atoms with Crippen LogP contribution in [0, 0.1) is 6.92 Å². The molecule has 2 aliphatic heterocycles. The van der Waals surface area contributed by atoms with Crippen LogP contribution in [0.4, 0.5) is 0 Å². The van der Waals surface area contributed by atoms with Crippen LogP contribution in [0.2, 0.25) is 0 Å². The molecule has 0 unspecified atom stereocenters. The van der Waals surface area contributed by atoms with Crippen molar-refractivity contribution in [2.75, 3.05) is 6.73 Å². The van der Waals surface area contributed by atoms with Crippen LogP contribution in [-0.2, 0) is 24.2 Å². The van der Waals surface area contributed by atoms with E-state index >= 15 is 0 Å². The molecule has 0 N–H and O–H groups in total. The number of hydrogen-bond acceptors (Lipinski definition) is 4. The summed E-state index contributed by atoms with van der Waals surface area (Å²) in [7, 11) is 0. The molecule has 0 amide bonds. The number of rotatable bonds is 5. The van der Waals surface area contributed by atoms with Crippen LogP contribution in [0.25, 0.3) is 0 Å². The highest BCUT2D eigenvalue weighted by Crippen LogP contribution is 2.27. The summed E-state index contributed by atoms with van der Waals surface area (Å²) < 4.78 is 17.6. The van der Waals surface area contributed by atoms with Gasteiger partial charge in [-0.1, -0.05) is 17.7 Å². The summed E-state index contributed by atoms with van der Waals surface area (Å²) in [6, 6.07) is 10.5. The van der Waals surface area contributed by atoms with Crippen molar-refractivity contribution in [3.63, 3.8) is 0 Å². The van der Waals surface area contributed by atoms with Crippen LogP contribution < -0.4 is 4.74 Å². The molecule has 2 aliphatic rings. The molecule has 0 radical (unpaired) electrons. The summed E-state index contributed by atoms with van der Waals surface area (Å²) in [4.78, 5) is 2.26. The maximum atomic E-state index is 6.02. The summed E-state index contributed by atoms with van der Waals surface area (Å²) in [6.07, 6.45) is 6.92. The molecule has 0 atom stereocenters. The summed E-state index contributed by atoms with van der Waals surface area (Å²) >= 11 is 0. The van der Waals surface area contributed by atoms with Crippen LogP contribution in [0.1, 0.15) is 42.4 Å². The monoisotopic (exact) mass is 351 g/mol. The van der Waals surface area contributed by atoms with Crippen LogP contribution in [0.3, 0.4) is 0 Å². The standard InChI is InChI=1S/C22H25NO3/c1-16-6-11-22-18(12-16)13-23(15-24-22)14-21-10-9-20(26-21)8-7-19-5-3-4-17(2)25-19/h4-6,9-12H,3,7-8,13-15H2,1-2H3. The molecule has 26 heavy (non-hydrogen) atoms. The second kappa shape index (κ2) is 7.42. The van der Waals surface area contributed by atoms with E-state index in [-0.39, 0.29) is 0 Å². The number of hydrogen-bond donors (Lipinski definition) is 0. The van der Waals surface area contributed by atoms with Gasteiger partial charge in [0.25, 0.3) is 0 Å². The molecule has 4 rings (SSSR count). The Kier molecular flexibility index (Phi) is 4.85. The molecule has 4 nitrogen and oxygen atoms in total. The van der Waals surface area contributed by atoms with Gasteiger partial charge in [0.15, 0.2) is 0 Å². The fourth-order valence-electron chi connectivity index (χ4n) is 3.43. The number of ether oxygens (including phenoxy) is 2. The normalized spacial score (nSPS) is 17.0. The van der Waals surface area contributed by atoms with E-state index in [1.54, 1.807) is 0 Å². The van der Waals surface area contributed by atoms with Gasteiger partial charge in [0.2, 0.25) is 0 Å². The number of furan rings is 1. The predicted molar refractivity (Wildman–Crippen MR) is 100 cm³/mol. The van der Waals surface area contributed by atoms with Gasteiger partial charge in [-0.2, -0.15) is 0 Å². The number of benzene rings is 1. The van der Waals surface area contributed by atoms with E-state index in [9.17, 15) is 0 Å². The van der Waals surface area contributed by atoms with Gasteiger partial charge in [-0.15, -0.1) is 0 Å². The highest BCUT2D eigenvalue weighted by molar-refractivity contribution is 5.37. The van der Waals surface area contributed by atoms with Gasteiger partial charge in [-0.25, -0.2) is 0 Å². The van der Waals surface area contributed by atoms with Crippen molar-refractivity contribution in [3.8, 4) is 5.75 Å². The molecule has 0 spiro atoms. The van der Waals surface area contributed by atoms with E-state index < -0.39 is 0 Å². The maximum absolute atomic E-state index is 6.02. The van der Waals surface area contributed by atoms with E-state index in [1.807, 2.05) is 6.92 Å². The number of fused-ring (bicyclic) bond motifs is 1. The molecule has 2 aromatic rings. The number of allylic oxidation sites excluding steroid dienone is 4. The quantitative estimate of drug-likeness (QED) is 0.752. The second-order valence-electron chi connectivity index (χ2n) is 7.06. The summed E-state index contributed by atoms with van der Waals surface area (Å²) in [5.74, 6) is 5.01. The lowest BCUT2D eigenvalue weighted by atomic mass is 10.1. The third-order valence-electron chi connectivity index (χ3n) is 4.77. The molecule has 0 saturated heterocycles. The lowest BCUT2D eigenvalue weighted by molar-refractivity contribution is 0.0819.